The number of nitrogens with one attached hydrogen (secondary N) is 1. The van der Waals surface area contributed by atoms with Crippen molar-refractivity contribution in [1.29, 1.82) is 0 Å². The lowest BCUT2D eigenvalue weighted by atomic mass is 10.3. The van der Waals surface area contributed by atoms with Crippen LogP contribution in [0.25, 0.3) is 5.69 Å². The lowest BCUT2D eigenvalue weighted by Crippen LogP contribution is -2.12. The maximum absolute atomic E-state index is 4.52. The highest BCUT2D eigenvalue weighted by atomic mass is 79.9. The molecule has 3 nitrogen and oxygen atoms in total. The molecule has 0 atom stereocenters. The van der Waals surface area contributed by atoms with Crippen molar-refractivity contribution >= 4 is 31.9 Å². The van der Waals surface area contributed by atoms with Gasteiger partial charge in [-0.1, -0.05) is 22.9 Å². The first-order valence-corrected chi connectivity index (χ1v) is 7.00. The Kier molecular flexibility index (Phi) is 4.36. The molecule has 0 unspecified atom stereocenters. The first kappa shape index (κ1) is 12.8. The molecule has 0 aliphatic rings. The number of halogens is 2. The van der Waals surface area contributed by atoms with Crippen LogP contribution in [0.15, 0.2) is 39.4 Å². The van der Waals surface area contributed by atoms with Crippen LogP contribution < -0.4 is 5.32 Å². The van der Waals surface area contributed by atoms with Gasteiger partial charge < -0.3 is 5.32 Å². The van der Waals surface area contributed by atoms with E-state index < -0.39 is 0 Å². The van der Waals surface area contributed by atoms with Gasteiger partial charge in [0.1, 0.15) is 0 Å². The van der Waals surface area contributed by atoms with Crippen LogP contribution in [-0.4, -0.2) is 16.3 Å². The van der Waals surface area contributed by atoms with E-state index in [1.807, 2.05) is 35.1 Å². The summed E-state index contributed by atoms with van der Waals surface area (Å²) in [6, 6.07) is 8.06. The van der Waals surface area contributed by atoms with Crippen LogP contribution in [0.5, 0.6) is 0 Å². The fourth-order valence-corrected chi connectivity index (χ4v) is 2.28. The molecule has 2 aromatic rings. The Hall–Kier alpha value is -0.650. The molecule has 1 N–H and O–H groups in total. The summed E-state index contributed by atoms with van der Waals surface area (Å²) in [6.45, 7) is 3.84. The van der Waals surface area contributed by atoms with Gasteiger partial charge in [0.25, 0.3) is 0 Å². The van der Waals surface area contributed by atoms with Crippen LogP contribution in [0.1, 0.15) is 12.6 Å². The number of hydrogen-bond acceptors (Lipinski definition) is 2. The van der Waals surface area contributed by atoms with E-state index in [0.717, 1.165) is 33.4 Å². The minimum Gasteiger partial charge on any atom is -0.311 e. The Bertz CT molecular complexity index is 508. The number of rotatable bonds is 4. The highest BCUT2D eigenvalue weighted by molar-refractivity contribution is 9.11. The molecule has 0 saturated carbocycles. The molecule has 0 saturated heterocycles. The van der Waals surface area contributed by atoms with E-state index in [0.29, 0.717) is 0 Å². The van der Waals surface area contributed by atoms with E-state index in [1.165, 1.54) is 0 Å². The van der Waals surface area contributed by atoms with Gasteiger partial charge in [0.15, 0.2) is 0 Å². The summed E-state index contributed by atoms with van der Waals surface area (Å²) in [6.07, 6.45) is 1.97. The molecule has 0 aliphatic carbocycles. The predicted molar refractivity (Wildman–Crippen MR) is 76.3 cm³/mol. The SMILES string of the molecule is CCNCc1ccn(-c2cc(Br)ccc2Br)n1. The highest BCUT2D eigenvalue weighted by Gasteiger charge is 2.05. The second-order valence-electron chi connectivity index (χ2n) is 3.63. The van der Waals surface area contributed by atoms with Crippen molar-refractivity contribution < 1.29 is 0 Å². The average molecular weight is 359 g/mol. The zero-order valence-corrected chi connectivity index (χ0v) is 12.6. The van der Waals surface area contributed by atoms with Crippen LogP contribution in [0, 0.1) is 0 Å². The Labute approximate surface area is 117 Å². The first-order valence-electron chi connectivity index (χ1n) is 5.41. The molecule has 1 aromatic carbocycles. The summed E-state index contributed by atoms with van der Waals surface area (Å²) >= 11 is 7.00. The van der Waals surface area contributed by atoms with Gasteiger partial charge >= 0.3 is 0 Å². The van der Waals surface area contributed by atoms with Crippen molar-refractivity contribution in [3.05, 3.63) is 45.1 Å². The summed E-state index contributed by atoms with van der Waals surface area (Å²) < 4.78 is 3.94. The van der Waals surface area contributed by atoms with Crippen molar-refractivity contribution in [3.63, 3.8) is 0 Å². The smallest absolute Gasteiger partial charge is 0.0798 e. The van der Waals surface area contributed by atoms with E-state index in [4.69, 9.17) is 0 Å². The third-order valence-corrected chi connectivity index (χ3v) is 3.52. The molecule has 0 spiro atoms. The molecule has 0 fully saturated rings. The van der Waals surface area contributed by atoms with Gasteiger partial charge in [0.05, 0.1) is 11.4 Å². The molecule has 1 aromatic heterocycles. The molecule has 1 heterocycles. The number of hydrogen-bond donors (Lipinski definition) is 1. The molecule has 0 aliphatic heterocycles. The third kappa shape index (κ3) is 3.18. The van der Waals surface area contributed by atoms with Gasteiger partial charge in [0.2, 0.25) is 0 Å². The zero-order valence-electron chi connectivity index (χ0n) is 9.45. The minimum atomic E-state index is 0.801. The number of benzene rings is 1. The molecule has 0 radical (unpaired) electrons. The van der Waals surface area contributed by atoms with E-state index in [1.54, 1.807) is 0 Å². The monoisotopic (exact) mass is 357 g/mol. The standard InChI is InChI=1S/C12H13Br2N3/c1-2-15-8-10-5-6-17(16-10)12-7-9(13)3-4-11(12)14/h3-7,15H,2,8H2,1H3. The fourth-order valence-electron chi connectivity index (χ4n) is 1.50. The summed E-state index contributed by atoms with van der Waals surface area (Å²) in [5.41, 5.74) is 2.07. The lowest BCUT2D eigenvalue weighted by molar-refractivity contribution is 0.696. The number of aromatic nitrogens is 2. The summed E-state index contributed by atoms with van der Waals surface area (Å²) in [5, 5.41) is 7.78. The van der Waals surface area contributed by atoms with E-state index in [2.05, 4.69) is 49.2 Å². The lowest BCUT2D eigenvalue weighted by Gasteiger charge is -2.05. The van der Waals surface area contributed by atoms with Crippen LogP contribution >= 0.6 is 31.9 Å². The second kappa shape index (κ2) is 5.80. The highest BCUT2D eigenvalue weighted by Crippen LogP contribution is 2.24. The van der Waals surface area contributed by atoms with Gasteiger partial charge in [-0.25, -0.2) is 4.68 Å². The summed E-state index contributed by atoms with van der Waals surface area (Å²) in [4.78, 5) is 0. The van der Waals surface area contributed by atoms with Crippen LogP contribution in [0.4, 0.5) is 0 Å². The van der Waals surface area contributed by atoms with Crippen LogP contribution in [0.2, 0.25) is 0 Å². The predicted octanol–water partition coefficient (Wildman–Crippen LogP) is 3.51. The number of nitrogens with zero attached hydrogens (tertiary/aromatic N) is 2. The summed E-state index contributed by atoms with van der Waals surface area (Å²) in [5.74, 6) is 0. The van der Waals surface area contributed by atoms with Crippen molar-refractivity contribution in [2.75, 3.05) is 6.54 Å². The maximum atomic E-state index is 4.52. The molecular formula is C12H13Br2N3. The molecule has 0 bridgehead atoms. The largest absolute Gasteiger partial charge is 0.311 e. The molecule has 90 valence electrons. The molecule has 5 heteroatoms. The van der Waals surface area contributed by atoms with Crippen LogP contribution in [0.3, 0.4) is 0 Å². The van der Waals surface area contributed by atoms with E-state index in [-0.39, 0.29) is 0 Å². The Balaban J connectivity index is 2.27. The topological polar surface area (TPSA) is 29.9 Å². The van der Waals surface area contributed by atoms with Gasteiger partial charge in [0, 0.05) is 21.7 Å². The Morgan fingerprint density at radius 3 is 2.88 bits per heavy atom. The van der Waals surface area contributed by atoms with E-state index in [9.17, 15) is 0 Å². The first-order chi connectivity index (χ1) is 8.20. The third-order valence-electron chi connectivity index (χ3n) is 2.36. The van der Waals surface area contributed by atoms with Crippen molar-refractivity contribution in [2.45, 2.75) is 13.5 Å². The molecule has 17 heavy (non-hydrogen) atoms. The van der Waals surface area contributed by atoms with Crippen molar-refractivity contribution in [1.82, 2.24) is 15.1 Å². The van der Waals surface area contributed by atoms with Gasteiger partial charge in [-0.2, -0.15) is 5.10 Å². The second-order valence-corrected chi connectivity index (χ2v) is 5.40. The average Bonchev–Trinajstić information content (AvgIpc) is 2.78. The normalized spacial score (nSPS) is 10.8. The van der Waals surface area contributed by atoms with Gasteiger partial charge in [-0.05, 0) is 46.7 Å². The fraction of sp³-hybridized carbons (Fsp3) is 0.250. The Morgan fingerprint density at radius 2 is 2.12 bits per heavy atom. The minimum absolute atomic E-state index is 0.801. The zero-order chi connectivity index (χ0) is 12.3. The molecule has 0 amide bonds. The van der Waals surface area contributed by atoms with Crippen molar-refractivity contribution in [2.24, 2.45) is 0 Å². The molecular weight excluding hydrogens is 346 g/mol. The van der Waals surface area contributed by atoms with Gasteiger partial charge in [-0.15, -0.1) is 0 Å². The van der Waals surface area contributed by atoms with Crippen LogP contribution in [-0.2, 0) is 6.54 Å². The summed E-state index contributed by atoms with van der Waals surface area (Å²) in [7, 11) is 0. The Morgan fingerprint density at radius 1 is 1.29 bits per heavy atom. The maximum Gasteiger partial charge on any atom is 0.0798 e. The molecule has 2 rings (SSSR count). The van der Waals surface area contributed by atoms with Crippen molar-refractivity contribution in [3.8, 4) is 5.69 Å². The van der Waals surface area contributed by atoms with E-state index >= 15 is 0 Å². The quantitative estimate of drug-likeness (QED) is 0.906. The van der Waals surface area contributed by atoms with Gasteiger partial charge in [-0.3, -0.25) is 0 Å².